The van der Waals surface area contributed by atoms with Gasteiger partial charge < -0.3 is 10.6 Å². The molecule has 4 nitrogen and oxygen atoms in total. The molecule has 116 valence electrons. The lowest BCUT2D eigenvalue weighted by Crippen LogP contribution is -2.14. The van der Waals surface area contributed by atoms with Crippen LogP contribution in [-0.4, -0.2) is 10.9 Å². The molecule has 0 aliphatic heterocycles. The van der Waals surface area contributed by atoms with E-state index < -0.39 is 0 Å². The summed E-state index contributed by atoms with van der Waals surface area (Å²) in [5.74, 6) is 0.804. The third kappa shape index (κ3) is 5.20. The van der Waals surface area contributed by atoms with Gasteiger partial charge in [-0.25, -0.2) is 4.98 Å². The van der Waals surface area contributed by atoms with Gasteiger partial charge in [-0.15, -0.1) is 0 Å². The van der Waals surface area contributed by atoms with E-state index in [1.54, 1.807) is 30.5 Å². The molecule has 22 heavy (non-hydrogen) atoms. The maximum Gasteiger partial charge on any atom is 0.225 e. The van der Waals surface area contributed by atoms with Crippen molar-refractivity contribution in [2.45, 2.75) is 20.3 Å². The van der Waals surface area contributed by atoms with Gasteiger partial charge in [0.2, 0.25) is 5.91 Å². The highest BCUT2D eigenvalue weighted by atomic mass is 35.5. The minimum Gasteiger partial charge on any atom is -0.354 e. The van der Waals surface area contributed by atoms with E-state index in [-0.39, 0.29) is 5.91 Å². The lowest BCUT2D eigenvalue weighted by molar-refractivity contribution is -0.116. The molecular weight excluding hydrogens is 321 g/mol. The molecule has 0 aliphatic carbocycles. The fraction of sp³-hybridized carbons (Fsp3) is 0.250. The highest BCUT2D eigenvalue weighted by Gasteiger charge is 2.06. The van der Waals surface area contributed by atoms with E-state index in [9.17, 15) is 4.79 Å². The molecular formula is C16H17Cl2N3O. The first kappa shape index (κ1) is 16.6. The molecule has 0 radical (unpaired) electrons. The summed E-state index contributed by atoms with van der Waals surface area (Å²) in [6, 6.07) is 8.77. The molecule has 2 rings (SSSR count). The largest absolute Gasteiger partial charge is 0.354 e. The lowest BCUT2D eigenvalue weighted by atomic mass is 10.1. The second kappa shape index (κ2) is 7.47. The lowest BCUT2D eigenvalue weighted by Gasteiger charge is -2.09. The van der Waals surface area contributed by atoms with Gasteiger partial charge in [0.1, 0.15) is 5.82 Å². The first-order valence-electron chi connectivity index (χ1n) is 6.91. The number of benzene rings is 1. The summed E-state index contributed by atoms with van der Waals surface area (Å²) in [6.45, 7) is 3.99. The standard InChI is InChI=1S/C16H17Cl2N3O/c1-10(2)5-16(22)21-15-4-3-13(9-19-15)20-14-7-11(17)6-12(18)8-14/h3-4,6-10,20H,5H2,1-2H3,(H,19,21,22). The highest BCUT2D eigenvalue weighted by molar-refractivity contribution is 6.35. The number of nitrogens with zero attached hydrogens (tertiary/aromatic N) is 1. The Morgan fingerprint density at radius 2 is 1.82 bits per heavy atom. The number of hydrogen-bond donors (Lipinski definition) is 2. The Morgan fingerprint density at radius 3 is 2.36 bits per heavy atom. The smallest absolute Gasteiger partial charge is 0.225 e. The van der Waals surface area contributed by atoms with Crippen molar-refractivity contribution in [3.05, 3.63) is 46.6 Å². The molecule has 0 saturated heterocycles. The Morgan fingerprint density at radius 1 is 1.14 bits per heavy atom. The summed E-state index contributed by atoms with van der Waals surface area (Å²) < 4.78 is 0. The van der Waals surface area contributed by atoms with Crippen LogP contribution in [0.3, 0.4) is 0 Å². The Labute approximate surface area is 139 Å². The number of halogens is 2. The van der Waals surface area contributed by atoms with Gasteiger partial charge in [-0.1, -0.05) is 37.0 Å². The van der Waals surface area contributed by atoms with E-state index in [4.69, 9.17) is 23.2 Å². The number of hydrogen-bond acceptors (Lipinski definition) is 3. The minimum atomic E-state index is -0.0372. The quantitative estimate of drug-likeness (QED) is 0.796. The molecule has 0 aliphatic rings. The number of aromatic nitrogens is 1. The van der Waals surface area contributed by atoms with Crippen molar-refractivity contribution in [2.75, 3.05) is 10.6 Å². The Hall–Kier alpha value is -1.78. The van der Waals surface area contributed by atoms with Crippen LogP contribution >= 0.6 is 23.2 Å². The Kier molecular flexibility index (Phi) is 5.63. The van der Waals surface area contributed by atoms with Crippen LogP contribution in [-0.2, 0) is 4.79 Å². The van der Waals surface area contributed by atoms with E-state index in [0.717, 1.165) is 11.4 Å². The summed E-state index contributed by atoms with van der Waals surface area (Å²) in [5, 5.41) is 7.03. The molecule has 1 aromatic heterocycles. The minimum absolute atomic E-state index is 0.0372. The molecule has 2 N–H and O–H groups in total. The van der Waals surface area contributed by atoms with Crippen molar-refractivity contribution >= 4 is 46.3 Å². The van der Waals surface area contributed by atoms with Crippen molar-refractivity contribution < 1.29 is 4.79 Å². The average molecular weight is 338 g/mol. The average Bonchev–Trinajstić information content (AvgIpc) is 2.39. The van der Waals surface area contributed by atoms with E-state index in [1.165, 1.54) is 0 Å². The van der Waals surface area contributed by atoms with Crippen LogP contribution in [0.2, 0.25) is 10.0 Å². The van der Waals surface area contributed by atoms with E-state index in [2.05, 4.69) is 15.6 Å². The monoisotopic (exact) mass is 337 g/mol. The molecule has 1 amide bonds. The van der Waals surface area contributed by atoms with Crippen molar-refractivity contribution in [1.29, 1.82) is 0 Å². The second-order valence-electron chi connectivity index (χ2n) is 5.36. The molecule has 1 heterocycles. The summed E-state index contributed by atoms with van der Waals surface area (Å²) in [7, 11) is 0. The van der Waals surface area contributed by atoms with Gasteiger partial charge in [0, 0.05) is 22.2 Å². The van der Waals surface area contributed by atoms with Gasteiger partial charge in [0.15, 0.2) is 0 Å². The molecule has 0 unspecified atom stereocenters. The summed E-state index contributed by atoms with van der Waals surface area (Å²) in [4.78, 5) is 15.9. The maximum atomic E-state index is 11.7. The van der Waals surface area contributed by atoms with Crippen LogP contribution in [0, 0.1) is 5.92 Å². The summed E-state index contributed by atoms with van der Waals surface area (Å²) >= 11 is 11.9. The number of anilines is 3. The van der Waals surface area contributed by atoms with E-state index in [0.29, 0.717) is 28.2 Å². The van der Waals surface area contributed by atoms with Crippen LogP contribution in [0.4, 0.5) is 17.2 Å². The molecule has 0 bridgehead atoms. The third-order valence-electron chi connectivity index (χ3n) is 2.78. The topological polar surface area (TPSA) is 54.0 Å². The zero-order chi connectivity index (χ0) is 16.1. The maximum absolute atomic E-state index is 11.7. The zero-order valence-electron chi connectivity index (χ0n) is 12.4. The molecule has 0 saturated carbocycles. The Balaban J connectivity index is 2.01. The second-order valence-corrected chi connectivity index (χ2v) is 6.23. The first-order chi connectivity index (χ1) is 10.4. The zero-order valence-corrected chi connectivity index (χ0v) is 13.9. The number of rotatable bonds is 5. The molecule has 0 fully saturated rings. The van der Waals surface area contributed by atoms with Gasteiger partial charge in [-0.3, -0.25) is 4.79 Å². The predicted molar refractivity (Wildman–Crippen MR) is 92.1 cm³/mol. The molecule has 2 aromatic rings. The molecule has 0 atom stereocenters. The van der Waals surface area contributed by atoms with Gasteiger partial charge in [-0.2, -0.15) is 0 Å². The van der Waals surface area contributed by atoms with Gasteiger partial charge in [0.25, 0.3) is 0 Å². The first-order valence-corrected chi connectivity index (χ1v) is 7.67. The number of carbonyl (C=O) groups excluding carboxylic acids is 1. The van der Waals surface area contributed by atoms with Crippen LogP contribution in [0.5, 0.6) is 0 Å². The van der Waals surface area contributed by atoms with Crippen molar-refractivity contribution in [3.8, 4) is 0 Å². The number of nitrogens with one attached hydrogen (secondary N) is 2. The van der Waals surface area contributed by atoms with Gasteiger partial charge in [-0.05, 0) is 36.2 Å². The fourth-order valence-corrected chi connectivity index (χ4v) is 2.43. The summed E-state index contributed by atoms with van der Waals surface area (Å²) in [6.07, 6.45) is 2.11. The number of carbonyl (C=O) groups is 1. The number of pyridine rings is 1. The SMILES string of the molecule is CC(C)CC(=O)Nc1ccc(Nc2cc(Cl)cc(Cl)c2)cn1. The van der Waals surface area contributed by atoms with Crippen LogP contribution in [0.25, 0.3) is 0 Å². The molecule has 6 heteroatoms. The van der Waals surface area contributed by atoms with Crippen LogP contribution in [0.1, 0.15) is 20.3 Å². The number of amides is 1. The van der Waals surface area contributed by atoms with E-state index >= 15 is 0 Å². The normalized spacial score (nSPS) is 10.6. The fourth-order valence-electron chi connectivity index (χ4n) is 1.90. The van der Waals surface area contributed by atoms with Crippen molar-refractivity contribution in [1.82, 2.24) is 4.98 Å². The third-order valence-corrected chi connectivity index (χ3v) is 3.21. The Bertz CT molecular complexity index is 637. The predicted octanol–water partition coefficient (Wildman–Crippen LogP) is 5.12. The molecule has 1 aromatic carbocycles. The van der Waals surface area contributed by atoms with Gasteiger partial charge >= 0.3 is 0 Å². The van der Waals surface area contributed by atoms with Crippen molar-refractivity contribution in [3.63, 3.8) is 0 Å². The van der Waals surface area contributed by atoms with Crippen LogP contribution < -0.4 is 10.6 Å². The van der Waals surface area contributed by atoms with Crippen molar-refractivity contribution in [2.24, 2.45) is 5.92 Å². The van der Waals surface area contributed by atoms with Gasteiger partial charge in [0.05, 0.1) is 11.9 Å². The summed E-state index contributed by atoms with van der Waals surface area (Å²) in [5.41, 5.74) is 1.55. The van der Waals surface area contributed by atoms with E-state index in [1.807, 2.05) is 19.9 Å². The van der Waals surface area contributed by atoms with Crippen LogP contribution in [0.15, 0.2) is 36.5 Å². The highest BCUT2D eigenvalue weighted by Crippen LogP contribution is 2.25. The molecule has 0 spiro atoms.